The van der Waals surface area contributed by atoms with Crippen LogP contribution in [0.5, 0.6) is 0 Å². The topological polar surface area (TPSA) is 66.6 Å². The largest absolute Gasteiger partial charge is 0.297 e. The second kappa shape index (κ2) is 7.17. The number of hydrogen-bond acceptors (Lipinski definition) is 6. The lowest BCUT2D eigenvalue weighted by molar-refractivity contribution is -0.116. The molecule has 102 valence electrons. The van der Waals surface area contributed by atoms with Crippen LogP contribution in [-0.2, 0) is 10.5 Å². The van der Waals surface area contributed by atoms with Crippen molar-refractivity contribution in [2.45, 2.75) is 18.6 Å². The zero-order valence-corrected chi connectivity index (χ0v) is 12.6. The third-order valence-corrected chi connectivity index (χ3v) is 4.65. The summed E-state index contributed by atoms with van der Waals surface area (Å²) >= 11 is 2.88. The molecule has 0 aliphatic heterocycles. The van der Waals surface area contributed by atoms with Gasteiger partial charge in [-0.2, -0.15) is 5.26 Å². The number of aryl methyl sites for hydroxylation is 1. The van der Waals surface area contributed by atoms with Crippen molar-refractivity contribution in [2.75, 3.05) is 5.75 Å². The van der Waals surface area contributed by atoms with Gasteiger partial charge in [0, 0.05) is 29.2 Å². The number of thiazole rings is 1. The van der Waals surface area contributed by atoms with E-state index >= 15 is 0 Å². The number of nitriles is 1. The molecular weight excluding hydrogens is 290 g/mol. The van der Waals surface area contributed by atoms with Crippen LogP contribution in [0.25, 0.3) is 0 Å². The first-order valence-corrected chi connectivity index (χ1v) is 8.05. The second-order valence-corrected chi connectivity index (χ2v) is 6.08. The number of aromatic nitrogens is 2. The Balaban J connectivity index is 1.89. The molecule has 6 heteroatoms. The van der Waals surface area contributed by atoms with Gasteiger partial charge in [-0.15, -0.1) is 23.1 Å². The lowest BCUT2D eigenvalue weighted by atomic mass is 10.1. The van der Waals surface area contributed by atoms with E-state index in [1.165, 1.54) is 23.1 Å². The maximum absolute atomic E-state index is 12.1. The summed E-state index contributed by atoms with van der Waals surface area (Å²) in [6.07, 6.45) is 3.46. The summed E-state index contributed by atoms with van der Waals surface area (Å²) in [6, 6.07) is 5.90. The number of rotatable bonds is 6. The Bertz CT molecular complexity index is 619. The van der Waals surface area contributed by atoms with Crippen LogP contribution in [0.15, 0.2) is 29.9 Å². The minimum absolute atomic E-state index is 0.0825. The Morgan fingerprint density at radius 1 is 1.50 bits per heavy atom. The quantitative estimate of drug-likeness (QED) is 0.820. The number of carbonyl (C=O) groups excluding carboxylic acids is 1. The number of carbonyl (C=O) groups is 1. The van der Waals surface area contributed by atoms with Gasteiger partial charge < -0.3 is 0 Å². The maximum Gasteiger partial charge on any atom is 0.166 e. The third-order valence-electron chi connectivity index (χ3n) is 2.60. The van der Waals surface area contributed by atoms with E-state index in [2.05, 4.69) is 16.0 Å². The Kier molecular flexibility index (Phi) is 5.27. The van der Waals surface area contributed by atoms with E-state index in [1.54, 1.807) is 12.4 Å². The van der Waals surface area contributed by atoms with Crippen molar-refractivity contribution in [2.24, 2.45) is 0 Å². The smallest absolute Gasteiger partial charge is 0.166 e. The number of nitrogens with zero attached hydrogens (tertiary/aromatic N) is 3. The van der Waals surface area contributed by atoms with Gasteiger partial charge in [0.05, 0.1) is 11.8 Å². The van der Waals surface area contributed by atoms with Crippen LogP contribution in [0.4, 0.5) is 0 Å². The standard InChI is InChI=1S/C14H13N3OS2/c1-10-7-20-14(17-10)12(6-15)13(18)9-19-8-11-2-4-16-5-3-11/h2-5,7,12H,8-9H2,1H3/t12-/m1/s1. The van der Waals surface area contributed by atoms with E-state index in [0.717, 1.165) is 17.0 Å². The van der Waals surface area contributed by atoms with Crippen LogP contribution in [0, 0.1) is 18.3 Å². The van der Waals surface area contributed by atoms with Crippen molar-refractivity contribution in [3.8, 4) is 6.07 Å². The van der Waals surface area contributed by atoms with Crippen molar-refractivity contribution in [1.82, 2.24) is 9.97 Å². The predicted octanol–water partition coefficient (Wildman–Crippen LogP) is 2.96. The summed E-state index contributed by atoms with van der Waals surface area (Å²) in [5.74, 6) is 0.238. The van der Waals surface area contributed by atoms with Crippen molar-refractivity contribution in [3.05, 3.63) is 46.2 Å². The molecule has 2 aromatic heterocycles. The Morgan fingerprint density at radius 2 is 2.25 bits per heavy atom. The van der Waals surface area contributed by atoms with Gasteiger partial charge in [-0.1, -0.05) is 0 Å². The molecule has 20 heavy (non-hydrogen) atoms. The van der Waals surface area contributed by atoms with Crippen LogP contribution in [0.2, 0.25) is 0 Å². The molecule has 1 atom stereocenters. The van der Waals surface area contributed by atoms with Crippen molar-refractivity contribution >= 4 is 28.9 Å². The summed E-state index contributed by atoms with van der Waals surface area (Å²) in [6.45, 7) is 1.86. The molecule has 0 spiro atoms. The fourth-order valence-electron chi connectivity index (χ4n) is 1.60. The molecule has 2 heterocycles. The van der Waals surface area contributed by atoms with Gasteiger partial charge >= 0.3 is 0 Å². The lowest BCUT2D eigenvalue weighted by Crippen LogP contribution is -2.13. The number of pyridine rings is 1. The summed E-state index contributed by atoms with van der Waals surface area (Å²) in [5, 5.41) is 11.6. The second-order valence-electron chi connectivity index (χ2n) is 4.20. The average molecular weight is 303 g/mol. The van der Waals surface area contributed by atoms with E-state index in [4.69, 9.17) is 5.26 Å². The van der Waals surface area contributed by atoms with Gasteiger partial charge in [0.25, 0.3) is 0 Å². The van der Waals surface area contributed by atoms with Gasteiger partial charge in [-0.3, -0.25) is 9.78 Å². The van der Waals surface area contributed by atoms with Crippen LogP contribution in [0.3, 0.4) is 0 Å². The monoisotopic (exact) mass is 303 g/mol. The zero-order valence-electron chi connectivity index (χ0n) is 10.9. The third kappa shape index (κ3) is 3.89. The van der Waals surface area contributed by atoms with E-state index in [1.807, 2.05) is 24.4 Å². The van der Waals surface area contributed by atoms with Gasteiger partial charge in [-0.25, -0.2) is 4.98 Å². The highest BCUT2D eigenvalue weighted by Crippen LogP contribution is 2.23. The minimum Gasteiger partial charge on any atom is -0.297 e. The van der Waals surface area contributed by atoms with Gasteiger partial charge in [0.2, 0.25) is 0 Å². The van der Waals surface area contributed by atoms with E-state index in [0.29, 0.717) is 10.8 Å². The molecule has 0 radical (unpaired) electrons. The number of Topliss-reactive ketones (excluding diaryl/α,β-unsaturated/α-hetero) is 1. The van der Waals surface area contributed by atoms with E-state index in [-0.39, 0.29) is 5.78 Å². The highest BCUT2D eigenvalue weighted by Gasteiger charge is 2.22. The average Bonchev–Trinajstić information content (AvgIpc) is 2.87. The summed E-state index contributed by atoms with van der Waals surface area (Å²) in [7, 11) is 0. The van der Waals surface area contributed by atoms with Gasteiger partial charge in [0.1, 0.15) is 5.01 Å². The van der Waals surface area contributed by atoms with Gasteiger partial charge in [0.15, 0.2) is 11.7 Å². The Morgan fingerprint density at radius 3 is 2.85 bits per heavy atom. The molecule has 0 aliphatic carbocycles. The molecule has 0 N–H and O–H groups in total. The summed E-state index contributed by atoms with van der Waals surface area (Å²) in [4.78, 5) is 20.3. The molecule has 0 fully saturated rings. The van der Waals surface area contributed by atoms with Crippen molar-refractivity contribution in [3.63, 3.8) is 0 Å². The molecule has 0 bridgehead atoms. The maximum atomic E-state index is 12.1. The SMILES string of the molecule is Cc1csc([C@H](C#N)C(=O)CSCc2ccncc2)n1. The molecule has 2 rings (SSSR count). The predicted molar refractivity (Wildman–Crippen MR) is 80.6 cm³/mol. The Hall–Kier alpha value is -1.71. The first-order chi connectivity index (χ1) is 9.70. The fourth-order valence-corrected chi connectivity index (χ4v) is 3.36. The minimum atomic E-state index is -0.737. The van der Waals surface area contributed by atoms with Crippen molar-refractivity contribution < 1.29 is 4.79 Å². The first-order valence-electron chi connectivity index (χ1n) is 6.01. The lowest BCUT2D eigenvalue weighted by Gasteiger charge is -2.05. The van der Waals surface area contributed by atoms with Crippen LogP contribution in [-0.4, -0.2) is 21.5 Å². The molecule has 4 nitrogen and oxygen atoms in total. The van der Waals surface area contributed by atoms with Gasteiger partial charge in [-0.05, 0) is 24.6 Å². The number of hydrogen-bond donors (Lipinski definition) is 0. The molecular formula is C14H13N3OS2. The number of ketones is 1. The molecule has 2 aromatic rings. The fraction of sp³-hybridized carbons (Fsp3) is 0.286. The summed E-state index contributed by atoms with van der Waals surface area (Å²) in [5.41, 5.74) is 1.97. The normalized spacial score (nSPS) is 11.8. The zero-order chi connectivity index (χ0) is 14.4. The van der Waals surface area contributed by atoms with E-state index < -0.39 is 5.92 Å². The Labute approximate surface area is 125 Å². The molecule has 0 amide bonds. The molecule has 0 saturated carbocycles. The van der Waals surface area contributed by atoms with Crippen LogP contribution < -0.4 is 0 Å². The molecule has 0 aliphatic rings. The summed E-state index contributed by atoms with van der Waals surface area (Å²) < 4.78 is 0. The van der Waals surface area contributed by atoms with Crippen molar-refractivity contribution in [1.29, 1.82) is 5.26 Å². The van der Waals surface area contributed by atoms with E-state index in [9.17, 15) is 4.79 Å². The first kappa shape index (κ1) is 14.7. The highest BCUT2D eigenvalue weighted by atomic mass is 32.2. The molecule has 0 unspecified atom stereocenters. The molecule has 0 aromatic carbocycles. The number of thioether (sulfide) groups is 1. The molecule has 0 saturated heterocycles. The van der Waals surface area contributed by atoms with Crippen LogP contribution >= 0.6 is 23.1 Å². The van der Waals surface area contributed by atoms with Crippen LogP contribution in [0.1, 0.15) is 22.2 Å². The highest BCUT2D eigenvalue weighted by molar-refractivity contribution is 7.99.